The Kier molecular flexibility index (Phi) is 3.78. The monoisotopic (exact) mass is 326 g/mol. The Morgan fingerprint density at radius 1 is 1.06 bits per heavy atom. The van der Waals surface area contributed by atoms with Crippen molar-refractivity contribution in [1.82, 2.24) is 0 Å². The Labute approximate surface area is 130 Å². The standard InChI is InChI=1S/C13H10S5/c1-7-6-12(15)18-13(7)10-3-2-8(16-10)9-4-5-11(14)17-9/h2-4H,5-6H2,1H3. The van der Waals surface area contributed by atoms with Crippen LogP contribution in [-0.2, 0) is 0 Å². The van der Waals surface area contributed by atoms with Gasteiger partial charge < -0.3 is 0 Å². The first kappa shape index (κ1) is 13.1. The highest BCUT2D eigenvalue weighted by Crippen LogP contribution is 2.46. The van der Waals surface area contributed by atoms with Crippen LogP contribution in [-0.4, -0.2) is 8.39 Å². The molecule has 3 heterocycles. The lowest BCUT2D eigenvalue weighted by molar-refractivity contribution is 1.33. The number of rotatable bonds is 2. The van der Waals surface area contributed by atoms with Crippen molar-refractivity contribution in [2.75, 3.05) is 0 Å². The molecule has 0 saturated carbocycles. The average Bonchev–Trinajstić information content (AvgIpc) is 2.98. The van der Waals surface area contributed by atoms with E-state index in [9.17, 15) is 0 Å². The van der Waals surface area contributed by atoms with Gasteiger partial charge >= 0.3 is 0 Å². The van der Waals surface area contributed by atoms with Gasteiger partial charge in [-0.3, -0.25) is 0 Å². The van der Waals surface area contributed by atoms with Crippen molar-refractivity contribution in [2.24, 2.45) is 0 Å². The van der Waals surface area contributed by atoms with Gasteiger partial charge in [0.15, 0.2) is 0 Å². The van der Waals surface area contributed by atoms with Gasteiger partial charge in [0.2, 0.25) is 0 Å². The lowest BCUT2D eigenvalue weighted by atomic mass is 10.2. The highest BCUT2D eigenvalue weighted by molar-refractivity contribution is 8.30. The summed E-state index contributed by atoms with van der Waals surface area (Å²) in [4.78, 5) is 5.35. The Bertz CT molecular complexity index is 603. The van der Waals surface area contributed by atoms with Crippen LogP contribution in [0.25, 0.3) is 9.81 Å². The van der Waals surface area contributed by atoms with E-state index in [1.54, 1.807) is 23.5 Å². The molecule has 0 N–H and O–H groups in total. The summed E-state index contributed by atoms with van der Waals surface area (Å²) < 4.78 is 2.17. The molecule has 0 saturated heterocycles. The first-order valence-electron chi connectivity index (χ1n) is 5.55. The number of thiocarbonyl (C=S) groups is 2. The third-order valence-corrected chi connectivity index (χ3v) is 7.11. The van der Waals surface area contributed by atoms with Crippen LogP contribution in [0.15, 0.2) is 23.8 Å². The van der Waals surface area contributed by atoms with E-state index in [2.05, 4.69) is 25.1 Å². The molecule has 5 heteroatoms. The second-order valence-electron chi connectivity index (χ2n) is 4.17. The molecule has 0 nitrogen and oxygen atoms in total. The Morgan fingerprint density at radius 2 is 1.83 bits per heavy atom. The van der Waals surface area contributed by atoms with Crippen molar-refractivity contribution in [3.63, 3.8) is 0 Å². The number of thiophene rings is 1. The fourth-order valence-corrected chi connectivity index (χ4v) is 5.88. The van der Waals surface area contributed by atoms with E-state index in [0.29, 0.717) is 0 Å². The molecule has 0 atom stereocenters. The number of hydrogen-bond donors (Lipinski definition) is 0. The van der Waals surface area contributed by atoms with Crippen molar-refractivity contribution in [2.45, 2.75) is 19.8 Å². The first-order valence-corrected chi connectivity index (χ1v) is 8.82. The van der Waals surface area contributed by atoms with Crippen LogP contribution in [0.1, 0.15) is 29.5 Å². The predicted octanol–water partition coefficient (Wildman–Crippen LogP) is 5.75. The van der Waals surface area contributed by atoms with Crippen LogP contribution in [0.5, 0.6) is 0 Å². The molecular weight excluding hydrogens is 316 g/mol. The predicted molar refractivity (Wildman–Crippen MR) is 94.5 cm³/mol. The van der Waals surface area contributed by atoms with Crippen LogP contribution in [0.4, 0.5) is 0 Å². The maximum absolute atomic E-state index is 5.30. The zero-order valence-corrected chi connectivity index (χ0v) is 13.8. The van der Waals surface area contributed by atoms with E-state index in [4.69, 9.17) is 24.4 Å². The normalized spacial score (nSPS) is 19.9. The quantitative estimate of drug-likeness (QED) is 0.634. The molecule has 0 aliphatic carbocycles. The molecule has 92 valence electrons. The molecule has 0 aromatic carbocycles. The summed E-state index contributed by atoms with van der Waals surface area (Å²) in [6.07, 6.45) is 4.13. The van der Waals surface area contributed by atoms with E-state index >= 15 is 0 Å². The van der Waals surface area contributed by atoms with E-state index in [1.807, 2.05) is 11.3 Å². The van der Waals surface area contributed by atoms with Gasteiger partial charge in [0, 0.05) is 32.4 Å². The SMILES string of the molecule is CC1=C(c2ccc(C3=CCC(=S)S3)s2)SC(=S)C1. The van der Waals surface area contributed by atoms with Gasteiger partial charge in [-0.2, -0.15) is 0 Å². The molecule has 2 aliphatic rings. The molecule has 1 aromatic rings. The van der Waals surface area contributed by atoms with Gasteiger partial charge in [-0.05, 0) is 19.1 Å². The van der Waals surface area contributed by atoms with Crippen LogP contribution in [0.2, 0.25) is 0 Å². The van der Waals surface area contributed by atoms with Crippen LogP contribution < -0.4 is 0 Å². The third-order valence-electron chi connectivity index (χ3n) is 2.76. The molecular formula is C13H10S5. The minimum absolute atomic E-state index is 0.934. The lowest BCUT2D eigenvalue weighted by Gasteiger charge is -1.98. The maximum Gasteiger partial charge on any atom is 0.0568 e. The number of thioether (sulfide) groups is 2. The largest absolute Gasteiger partial charge is 0.134 e. The van der Waals surface area contributed by atoms with Crippen molar-refractivity contribution in [3.8, 4) is 0 Å². The van der Waals surface area contributed by atoms with E-state index in [0.717, 1.165) is 21.2 Å². The van der Waals surface area contributed by atoms with E-state index < -0.39 is 0 Å². The molecule has 0 spiro atoms. The van der Waals surface area contributed by atoms with Crippen molar-refractivity contribution in [3.05, 3.63) is 33.5 Å². The zero-order valence-electron chi connectivity index (χ0n) is 9.69. The summed E-state index contributed by atoms with van der Waals surface area (Å²) in [7, 11) is 0. The topological polar surface area (TPSA) is 0 Å². The summed E-state index contributed by atoms with van der Waals surface area (Å²) in [6.45, 7) is 2.18. The maximum atomic E-state index is 5.30. The Balaban J connectivity index is 1.89. The smallest absolute Gasteiger partial charge is 0.0568 e. The molecule has 3 rings (SSSR count). The molecule has 18 heavy (non-hydrogen) atoms. The van der Waals surface area contributed by atoms with Gasteiger partial charge in [-0.1, -0.05) is 59.6 Å². The fraction of sp³-hybridized carbons (Fsp3) is 0.231. The number of allylic oxidation sites excluding steroid dienone is 2. The number of hydrogen-bond acceptors (Lipinski definition) is 5. The summed E-state index contributed by atoms with van der Waals surface area (Å²) in [6, 6.07) is 4.41. The molecule has 0 amide bonds. The molecule has 2 aliphatic heterocycles. The van der Waals surface area contributed by atoms with Gasteiger partial charge in [0.05, 0.1) is 8.39 Å². The minimum atomic E-state index is 0.934. The summed E-state index contributed by atoms with van der Waals surface area (Å²) in [5, 5.41) is 0. The van der Waals surface area contributed by atoms with Gasteiger partial charge in [-0.15, -0.1) is 11.3 Å². The van der Waals surface area contributed by atoms with Gasteiger partial charge in [0.1, 0.15) is 0 Å². The minimum Gasteiger partial charge on any atom is -0.134 e. The van der Waals surface area contributed by atoms with Crippen LogP contribution in [0.3, 0.4) is 0 Å². The summed E-state index contributed by atoms with van der Waals surface area (Å²) >= 11 is 15.9. The van der Waals surface area contributed by atoms with Crippen molar-refractivity contribution < 1.29 is 0 Å². The Morgan fingerprint density at radius 3 is 2.44 bits per heavy atom. The van der Waals surface area contributed by atoms with Gasteiger partial charge in [-0.25, -0.2) is 0 Å². The fourth-order valence-electron chi connectivity index (χ4n) is 1.92. The van der Waals surface area contributed by atoms with Crippen LogP contribution in [0, 0.1) is 0 Å². The first-order chi connectivity index (χ1) is 8.63. The summed E-state index contributed by atoms with van der Waals surface area (Å²) in [5.74, 6) is 0. The Hall–Kier alpha value is 0.0600. The van der Waals surface area contributed by atoms with Crippen molar-refractivity contribution in [1.29, 1.82) is 0 Å². The van der Waals surface area contributed by atoms with E-state index in [-0.39, 0.29) is 0 Å². The molecule has 0 fully saturated rings. The van der Waals surface area contributed by atoms with Crippen LogP contribution >= 0.6 is 59.3 Å². The highest BCUT2D eigenvalue weighted by Gasteiger charge is 2.21. The molecule has 0 bridgehead atoms. The average molecular weight is 327 g/mol. The third kappa shape index (κ3) is 2.51. The van der Waals surface area contributed by atoms with Gasteiger partial charge in [0.25, 0.3) is 0 Å². The zero-order chi connectivity index (χ0) is 12.7. The second-order valence-corrected chi connectivity index (χ2v) is 9.00. The highest BCUT2D eigenvalue weighted by atomic mass is 32.2. The van der Waals surface area contributed by atoms with E-state index in [1.165, 1.54) is 25.1 Å². The summed E-state index contributed by atoms with van der Waals surface area (Å²) in [5.41, 5.74) is 1.40. The molecule has 1 aromatic heterocycles. The lowest BCUT2D eigenvalue weighted by Crippen LogP contribution is -1.75. The second kappa shape index (κ2) is 5.21. The molecule has 0 radical (unpaired) electrons. The van der Waals surface area contributed by atoms with Crippen molar-refractivity contribution >= 4 is 77.5 Å². The molecule has 0 unspecified atom stereocenters.